The molecule has 2 heterocycles. The second-order valence-corrected chi connectivity index (χ2v) is 10.0. The molecule has 0 aromatic heterocycles. The van der Waals surface area contributed by atoms with Gasteiger partial charge in [0.05, 0.1) is 23.6 Å². The van der Waals surface area contributed by atoms with Crippen molar-refractivity contribution >= 4 is 15.7 Å². The Bertz CT molecular complexity index is 697. The summed E-state index contributed by atoms with van der Waals surface area (Å²) in [5, 5.41) is 2.95. The Balaban J connectivity index is 1.42. The summed E-state index contributed by atoms with van der Waals surface area (Å²) >= 11 is 0. The Morgan fingerprint density at radius 3 is 2.52 bits per heavy atom. The molecule has 1 atom stereocenters. The van der Waals surface area contributed by atoms with Gasteiger partial charge in [-0.3, -0.25) is 9.69 Å². The molecule has 0 radical (unpaired) electrons. The van der Waals surface area contributed by atoms with E-state index in [9.17, 15) is 13.2 Å². The smallest absolute Gasteiger partial charge is 0.234 e. The van der Waals surface area contributed by atoms with Gasteiger partial charge in [0, 0.05) is 0 Å². The summed E-state index contributed by atoms with van der Waals surface area (Å²) < 4.78 is 23.3. The number of rotatable bonds is 5. The fourth-order valence-corrected chi connectivity index (χ4v) is 6.08. The van der Waals surface area contributed by atoms with Crippen LogP contribution in [0.3, 0.4) is 0 Å². The third kappa shape index (κ3) is 5.28. The average Bonchev–Trinajstić information content (AvgIpc) is 2.83. The molecular weight excluding hydrogens is 336 g/mol. The van der Waals surface area contributed by atoms with Crippen LogP contribution in [0.5, 0.6) is 0 Å². The van der Waals surface area contributed by atoms with Crippen LogP contribution in [0, 0.1) is 5.92 Å². The lowest BCUT2D eigenvalue weighted by Crippen LogP contribution is -2.51. The summed E-state index contributed by atoms with van der Waals surface area (Å²) in [6.45, 7) is 4.06. The number of piperidine rings is 1. The van der Waals surface area contributed by atoms with Crippen LogP contribution >= 0.6 is 0 Å². The molecule has 6 heteroatoms. The minimum absolute atomic E-state index is 0.0545. The van der Waals surface area contributed by atoms with Crippen LogP contribution in [0.4, 0.5) is 0 Å². The fraction of sp³-hybridized carbons (Fsp3) is 0.632. The van der Waals surface area contributed by atoms with E-state index in [1.165, 1.54) is 5.56 Å². The number of nitrogens with zero attached hydrogens (tertiary/aromatic N) is 1. The van der Waals surface area contributed by atoms with Crippen LogP contribution in [0.25, 0.3) is 0 Å². The Kier molecular flexibility index (Phi) is 5.49. The highest BCUT2D eigenvalue weighted by molar-refractivity contribution is 7.91. The number of carbonyl (C=O) groups is 1. The first-order valence-corrected chi connectivity index (χ1v) is 10.9. The zero-order chi connectivity index (χ0) is 17.9. The maximum atomic E-state index is 12.3. The van der Waals surface area contributed by atoms with Crippen molar-refractivity contribution in [3.05, 3.63) is 35.9 Å². The molecule has 138 valence electrons. The van der Waals surface area contributed by atoms with Crippen LogP contribution in [0.15, 0.2) is 30.3 Å². The predicted molar refractivity (Wildman–Crippen MR) is 99.1 cm³/mol. The van der Waals surface area contributed by atoms with Crippen LogP contribution in [0.2, 0.25) is 0 Å². The minimum atomic E-state index is -3.00. The SMILES string of the molecule is CC1(NC(=O)CN2CCC(Cc3ccccc3)CC2)CCS(=O)(=O)C1. The van der Waals surface area contributed by atoms with E-state index in [4.69, 9.17) is 0 Å². The highest BCUT2D eigenvalue weighted by atomic mass is 32.2. The number of likely N-dealkylation sites (tertiary alicyclic amines) is 1. The number of benzene rings is 1. The number of sulfone groups is 1. The van der Waals surface area contributed by atoms with Gasteiger partial charge in [-0.2, -0.15) is 0 Å². The van der Waals surface area contributed by atoms with Gasteiger partial charge < -0.3 is 5.32 Å². The number of nitrogens with one attached hydrogen (secondary N) is 1. The first kappa shape index (κ1) is 18.4. The minimum Gasteiger partial charge on any atom is -0.349 e. The second kappa shape index (κ2) is 7.46. The normalized spacial score (nSPS) is 27.2. The molecule has 2 aliphatic heterocycles. The van der Waals surface area contributed by atoms with Gasteiger partial charge in [0.25, 0.3) is 0 Å². The van der Waals surface area contributed by atoms with Crippen LogP contribution in [-0.2, 0) is 21.1 Å². The Morgan fingerprint density at radius 1 is 1.24 bits per heavy atom. The standard InChI is InChI=1S/C19H28N2O3S/c1-19(9-12-25(23,24)15-19)20-18(22)14-21-10-7-17(8-11-21)13-16-5-3-2-4-6-16/h2-6,17H,7-15H2,1H3,(H,20,22). The molecule has 1 aromatic carbocycles. The lowest BCUT2D eigenvalue weighted by Gasteiger charge is -2.32. The Labute approximate surface area is 150 Å². The number of amides is 1. The molecule has 0 saturated carbocycles. The molecular formula is C19H28N2O3S. The Morgan fingerprint density at radius 2 is 1.92 bits per heavy atom. The highest BCUT2D eigenvalue weighted by Crippen LogP contribution is 2.24. The molecule has 2 fully saturated rings. The molecule has 5 nitrogen and oxygen atoms in total. The van der Waals surface area contributed by atoms with Gasteiger partial charge in [0.1, 0.15) is 0 Å². The van der Waals surface area contributed by atoms with Crippen LogP contribution in [0.1, 0.15) is 31.7 Å². The Hall–Kier alpha value is -1.40. The third-order valence-corrected chi connectivity index (χ3v) is 7.29. The van der Waals surface area contributed by atoms with Crippen molar-refractivity contribution in [2.24, 2.45) is 5.92 Å². The maximum Gasteiger partial charge on any atom is 0.234 e. The zero-order valence-corrected chi connectivity index (χ0v) is 15.7. The van der Waals surface area contributed by atoms with Crippen LogP contribution < -0.4 is 5.32 Å². The molecule has 2 saturated heterocycles. The van der Waals surface area contributed by atoms with Gasteiger partial charge in [-0.25, -0.2) is 8.42 Å². The van der Waals surface area contributed by atoms with Crippen LogP contribution in [-0.4, -0.2) is 55.9 Å². The molecule has 1 N–H and O–H groups in total. The monoisotopic (exact) mass is 364 g/mol. The van der Waals surface area contributed by atoms with Crippen molar-refractivity contribution in [2.75, 3.05) is 31.1 Å². The summed E-state index contributed by atoms with van der Waals surface area (Å²) in [6, 6.07) is 10.6. The summed E-state index contributed by atoms with van der Waals surface area (Å²) in [4.78, 5) is 14.5. The summed E-state index contributed by atoms with van der Waals surface area (Å²) in [5.74, 6) is 0.861. The highest BCUT2D eigenvalue weighted by Gasteiger charge is 2.39. The summed E-state index contributed by atoms with van der Waals surface area (Å²) in [6.07, 6.45) is 3.83. The zero-order valence-electron chi connectivity index (χ0n) is 14.9. The van der Waals surface area contributed by atoms with E-state index < -0.39 is 15.4 Å². The molecule has 0 spiro atoms. The van der Waals surface area contributed by atoms with Crippen molar-refractivity contribution in [1.29, 1.82) is 0 Å². The fourth-order valence-electron chi connectivity index (χ4n) is 3.98. The molecule has 3 rings (SSSR count). The lowest BCUT2D eigenvalue weighted by atomic mass is 9.90. The van der Waals surface area contributed by atoms with Crippen molar-refractivity contribution in [1.82, 2.24) is 10.2 Å². The molecule has 25 heavy (non-hydrogen) atoms. The maximum absolute atomic E-state index is 12.3. The van der Waals surface area contributed by atoms with Crippen molar-refractivity contribution < 1.29 is 13.2 Å². The van der Waals surface area contributed by atoms with Crippen molar-refractivity contribution in [2.45, 2.75) is 38.1 Å². The number of hydrogen-bond acceptors (Lipinski definition) is 4. The van der Waals surface area contributed by atoms with Crippen molar-refractivity contribution in [3.63, 3.8) is 0 Å². The average molecular weight is 365 g/mol. The van der Waals surface area contributed by atoms with E-state index in [0.29, 0.717) is 18.9 Å². The molecule has 1 amide bonds. The summed E-state index contributed by atoms with van der Waals surface area (Å²) in [7, 11) is -3.00. The van der Waals surface area contributed by atoms with Gasteiger partial charge in [-0.15, -0.1) is 0 Å². The quantitative estimate of drug-likeness (QED) is 0.862. The van der Waals surface area contributed by atoms with E-state index >= 15 is 0 Å². The van der Waals surface area contributed by atoms with Gasteiger partial charge in [0.2, 0.25) is 5.91 Å². The van der Waals surface area contributed by atoms with Gasteiger partial charge >= 0.3 is 0 Å². The lowest BCUT2D eigenvalue weighted by molar-refractivity contribution is -0.124. The molecule has 2 aliphatic rings. The van der Waals surface area contributed by atoms with E-state index in [2.05, 4.69) is 34.5 Å². The topological polar surface area (TPSA) is 66.5 Å². The van der Waals surface area contributed by atoms with E-state index in [-0.39, 0.29) is 17.4 Å². The number of hydrogen-bond donors (Lipinski definition) is 1. The first-order chi connectivity index (χ1) is 11.8. The second-order valence-electron chi connectivity index (χ2n) is 7.86. The molecule has 1 aromatic rings. The van der Waals surface area contributed by atoms with Crippen molar-refractivity contribution in [3.8, 4) is 0 Å². The van der Waals surface area contributed by atoms with E-state index in [1.807, 2.05) is 13.0 Å². The largest absolute Gasteiger partial charge is 0.349 e. The summed E-state index contributed by atoms with van der Waals surface area (Å²) in [5.41, 5.74) is 0.788. The van der Waals surface area contributed by atoms with E-state index in [0.717, 1.165) is 32.4 Å². The predicted octanol–water partition coefficient (Wildman–Crippen LogP) is 1.63. The molecule has 0 bridgehead atoms. The van der Waals surface area contributed by atoms with E-state index in [1.54, 1.807) is 0 Å². The third-order valence-electron chi connectivity index (χ3n) is 5.39. The molecule has 1 unspecified atom stereocenters. The molecule has 0 aliphatic carbocycles. The van der Waals surface area contributed by atoms with Gasteiger partial charge in [0.15, 0.2) is 9.84 Å². The van der Waals surface area contributed by atoms with Gasteiger partial charge in [-0.1, -0.05) is 30.3 Å². The number of carbonyl (C=O) groups excluding carboxylic acids is 1. The first-order valence-electron chi connectivity index (χ1n) is 9.11. The van der Waals surface area contributed by atoms with Gasteiger partial charge in [-0.05, 0) is 57.2 Å².